The minimum atomic E-state index is -0.395. The van der Waals surface area contributed by atoms with Crippen LogP contribution in [-0.4, -0.2) is 56.3 Å². The molecule has 0 aliphatic heterocycles. The fraction of sp³-hybridized carbons (Fsp3) is 0.682. The summed E-state index contributed by atoms with van der Waals surface area (Å²) in [5, 5.41) is 12.0. The Bertz CT molecular complexity index is 513. The third kappa shape index (κ3) is 11.7. The number of rotatable bonds is 10. The summed E-state index contributed by atoms with van der Waals surface area (Å²) >= 11 is 0. The Kier molecular flexibility index (Phi) is 12.8. The molecule has 1 amide bonds. The van der Waals surface area contributed by atoms with Crippen molar-refractivity contribution in [1.82, 2.24) is 10.2 Å². The van der Waals surface area contributed by atoms with Crippen molar-refractivity contribution in [2.75, 3.05) is 34.4 Å². The number of nitrogens with one attached hydrogen (secondary N) is 1. The molecule has 1 aromatic carbocycles. The van der Waals surface area contributed by atoms with E-state index in [9.17, 15) is 4.79 Å². The van der Waals surface area contributed by atoms with Crippen molar-refractivity contribution >= 4 is 5.91 Å². The molecule has 1 aromatic rings. The summed E-state index contributed by atoms with van der Waals surface area (Å²) in [4.78, 5) is 14.3. The van der Waals surface area contributed by atoms with Gasteiger partial charge >= 0.3 is 0 Å². The average Bonchev–Trinajstić information content (AvgIpc) is 2.64. The molecule has 0 aliphatic rings. The van der Waals surface area contributed by atoms with E-state index >= 15 is 0 Å². The molecule has 156 valence electrons. The molecule has 5 heteroatoms. The second-order valence-electron chi connectivity index (χ2n) is 7.90. The summed E-state index contributed by atoms with van der Waals surface area (Å²) in [6, 6.07) is 8.20. The highest BCUT2D eigenvalue weighted by Gasteiger charge is 2.28. The second-order valence-corrected chi connectivity index (χ2v) is 7.90. The summed E-state index contributed by atoms with van der Waals surface area (Å²) in [6.45, 7) is 9.17. The summed E-state index contributed by atoms with van der Waals surface area (Å²) in [7, 11) is 5.75. The van der Waals surface area contributed by atoms with E-state index in [1.54, 1.807) is 7.11 Å². The maximum atomic E-state index is 12.2. The summed E-state index contributed by atoms with van der Waals surface area (Å²) in [5.74, 6) is 1.02. The van der Waals surface area contributed by atoms with Crippen LogP contribution in [0.2, 0.25) is 0 Å². The number of nitrogens with zero attached hydrogens (tertiary/aromatic N) is 1. The lowest BCUT2D eigenvalue weighted by atomic mass is 9.86. The van der Waals surface area contributed by atoms with Crippen LogP contribution in [-0.2, 0) is 4.79 Å². The predicted molar refractivity (Wildman–Crippen MR) is 113 cm³/mol. The van der Waals surface area contributed by atoms with Crippen LogP contribution in [0.25, 0.3) is 0 Å². The van der Waals surface area contributed by atoms with Crippen LogP contribution >= 0.6 is 0 Å². The van der Waals surface area contributed by atoms with Gasteiger partial charge in [0.05, 0.1) is 7.11 Å². The number of amides is 1. The largest absolute Gasteiger partial charge is 0.497 e. The van der Waals surface area contributed by atoms with Gasteiger partial charge in [0, 0.05) is 18.1 Å². The molecule has 2 N–H and O–H groups in total. The highest BCUT2D eigenvalue weighted by Crippen LogP contribution is 2.22. The van der Waals surface area contributed by atoms with Crippen LogP contribution in [0.1, 0.15) is 52.0 Å². The Labute approximate surface area is 166 Å². The quantitative estimate of drug-likeness (QED) is 0.651. The van der Waals surface area contributed by atoms with Gasteiger partial charge in [0.25, 0.3) is 0 Å². The van der Waals surface area contributed by atoms with Crippen molar-refractivity contribution in [3.05, 3.63) is 29.8 Å². The van der Waals surface area contributed by atoms with Crippen molar-refractivity contribution in [3.63, 3.8) is 0 Å². The molecule has 1 unspecified atom stereocenters. The zero-order chi connectivity index (χ0) is 20.9. The molecule has 0 aromatic heterocycles. The number of benzene rings is 1. The van der Waals surface area contributed by atoms with E-state index in [4.69, 9.17) is 9.84 Å². The summed E-state index contributed by atoms with van der Waals surface area (Å²) < 4.78 is 4.97. The van der Waals surface area contributed by atoms with Gasteiger partial charge in [-0.1, -0.05) is 38.5 Å². The first-order valence-electron chi connectivity index (χ1n) is 9.83. The molecular weight excluding hydrogens is 340 g/mol. The second kappa shape index (κ2) is 13.6. The van der Waals surface area contributed by atoms with E-state index in [1.165, 1.54) is 5.56 Å². The molecule has 0 saturated carbocycles. The fourth-order valence-corrected chi connectivity index (χ4v) is 2.48. The van der Waals surface area contributed by atoms with Crippen molar-refractivity contribution in [2.24, 2.45) is 5.41 Å². The molecule has 1 rings (SSSR count). The van der Waals surface area contributed by atoms with E-state index < -0.39 is 5.41 Å². The van der Waals surface area contributed by atoms with Crippen molar-refractivity contribution < 1.29 is 14.6 Å². The topological polar surface area (TPSA) is 61.8 Å². The first kappa shape index (κ1) is 25.4. The minimum absolute atomic E-state index is 0.0987. The number of methoxy groups -OCH3 is 1. The van der Waals surface area contributed by atoms with E-state index in [0.717, 1.165) is 31.6 Å². The maximum Gasteiger partial charge on any atom is 0.225 e. The maximum absolute atomic E-state index is 12.2. The number of hydrogen-bond acceptors (Lipinski definition) is 4. The highest BCUT2D eigenvalue weighted by molar-refractivity contribution is 5.82. The Morgan fingerprint density at radius 1 is 1.26 bits per heavy atom. The molecule has 0 radical (unpaired) electrons. The first-order chi connectivity index (χ1) is 12.7. The normalized spacial score (nSPS) is 12.2. The standard InChI is InChI=1S/C14H30N2O2.C8H10O/c1-6-12(8-10-16(4)5)15-13(18)14(2,3)9-7-11-17;1-7-3-5-8(9-2)6-4-7/h12,17H,6-11H2,1-5H3,(H,15,18);3-6H,1-2H3. The molecule has 1 atom stereocenters. The number of aliphatic hydroxyl groups is 1. The molecule has 0 heterocycles. The Hall–Kier alpha value is -1.59. The van der Waals surface area contributed by atoms with E-state index in [-0.39, 0.29) is 18.6 Å². The van der Waals surface area contributed by atoms with Crippen LogP contribution in [0.5, 0.6) is 5.75 Å². The third-order valence-corrected chi connectivity index (χ3v) is 4.58. The van der Waals surface area contributed by atoms with Crippen molar-refractivity contribution in [2.45, 2.75) is 59.4 Å². The number of carbonyl (C=O) groups excluding carboxylic acids is 1. The van der Waals surface area contributed by atoms with E-state index in [1.807, 2.05) is 52.2 Å². The number of ether oxygens (including phenoxy) is 1. The van der Waals surface area contributed by atoms with Gasteiger partial charge in [-0.2, -0.15) is 0 Å². The lowest BCUT2D eigenvalue weighted by Gasteiger charge is -2.27. The van der Waals surface area contributed by atoms with E-state index in [0.29, 0.717) is 6.42 Å². The molecule has 5 nitrogen and oxygen atoms in total. The van der Waals surface area contributed by atoms with Gasteiger partial charge in [-0.3, -0.25) is 4.79 Å². The monoisotopic (exact) mass is 380 g/mol. The van der Waals surface area contributed by atoms with Gasteiger partial charge in [-0.15, -0.1) is 0 Å². The third-order valence-electron chi connectivity index (χ3n) is 4.58. The number of aryl methyl sites for hydroxylation is 1. The number of carbonyl (C=O) groups is 1. The van der Waals surface area contributed by atoms with Crippen molar-refractivity contribution in [3.8, 4) is 5.75 Å². The molecule has 0 bridgehead atoms. The van der Waals surface area contributed by atoms with Gasteiger partial charge < -0.3 is 20.1 Å². The van der Waals surface area contributed by atoms with Gasteiger partial charge in [-0.05, 0) is 65.4 Å². The number of aliphatic hydroxyl groups excluding tert-OH is 1. The van der Waals surface area contributed by atoms with E-state index in [2.05, 4.69) is 24.1 Å². The fourth-order valence-electron chi connectivity index (χ4n) is 2.48. The summed E-state index contributed by atoms with van der Waals surface area (Å²) in [6.07, 6.45) is 3.33. The van der Waals surface area contributed by atoms with Gasteiger partial charge in [-0.25, -0.2) is 0 Å². The van der Waals surface area contributed by atoms with Crippen LogP contribution in [0, 0.1) is 12.3 Å². The summed E-state index contributed by atoms with van der Waals surface area (Å²) in [5.41, 5.74) is 0.865. The van der Waals surface area contributed by atoms with Gasteiger partial charge in [0.2, 0.25) is 5.91 Å². The zero-order valence-electron chi connectivity index (χ0n) is 18.3. The minimum Gasteiger partial charge on any atom is -0.497 e. The van der Waals surface area contributed by atoms with Gasteiger partial charge in [0.15, 0.2) is 0 Å². The molecule has 0 saturated heterocycles. The highest BCUT2D eigenvalue weighted by atomic mass is 16.5. The van der Waals surface area contributed by atoms with Crippen LogP contribution in [0.15, 0.2) is 24.3 Å². The lowest BCUT2D eigenvalue weighted by molar-refractivity contribution is -0.130. The smallest absolute Gasteiger partial charge is 0.225 e. The Balaban J connectivity index is 0.000000621. The van der Waals surface area contributed by atoms with Crippen molar-refractivity contribution in [1.29, 1.82) is 0 Å². The average molecular weight is 381 g/mol. The molecule has 0 fully saturated rings. The number of hydrogen-bond donors (Lipinski definition) is 2. The lowest BCUT2D eigenvalue weighted by Crippen LogP contribution is -2.43. The van der Waals surface area contributed by atoms with Crippen LogP contribution in [0.3, 0.4) is 0 Å². The van der Waals surface area contributed by atoms with Crippen LogP contribution < -0.4 is 10.1 Å². The predicted octanol–water partition coefficient (Wildman–Crippen LogP) is 3.64. The zero-order valence-corrected chi connectivity index (χ0v) is 18.3. The first-order valence-corrected chi connectivity index (χ1v) is 9.83. The molecule has 0 aliphatic carbocycles. The Morgan fingerprint density at radius 3 is 2.30 bits per heavy atom. The Morgan fingerprint density at radius 2 is 1.85 bits per heavy atom. The molecule has 0 spiro atoms. The van der Waals surface area contributed by atoms with Gasteiger partial charge in [0.1, 0.15) is 5.75 Å². The van der Waals surface area contributed by atoms with Crippen LogP contribution in [0.4, 0.5) is 0 Å². The molecule has 27 heavy (non-hydrogen) atoms. The SMILES string of the molecule is CCC(CCN(C)C)NC(=O)C(C)(C)CCCO.COc1ccc(C)cc1. The molecular formula is C22H40N2O3.